The van der Waals surface area contributed by atoms with Crippen molar-refractivity contribution in [2.75, 3.05) is 14.2 Å². The molecule has 1 aromatic carbocycles. The molecule has 0 unspecified atom stereocenters. The molecule has 0 aliphatic heterocycles. The zero-order valence-electron chi connectivity index (χ0n) is 11.4. The number of ether oxygens (including phenoxy) is 2. The van der Waals surface area contributed by atoms with E-state index in [2.05, 4.69) is 10.3 Å². The number of nitrogens with zero attached hydrogens (tertiary/aromatic N) is 1. The van der Waals surface area contributed by atoms with E-state index >= 15 is 0 Å². The second-order valence-corrected chi connectivity index (χ2v) is 4.12. The topological polar surface area (TPSA) is 60.5 Å². The van der Waals surface area contributed by atoms with Crippen LogP contribution in [0.4, 0.5) is 0 Å². The van der Waals surface area contributed by atoms with E-state index in [9.17, 15) is 4.79 Å². The van der Waals surface area contributed by atoms with Gasteiger partial charge in [0.25, 0.3) is 5.91 Å². The third kappa shape index (κ3) is 3.47. The highest BCUT2D eigenvalue weighted by molar-refractivity contribution is 5.94. The maximum absolute atomic E-state index is 12.0. The largest absolute Gasteiger partial charge is 0.497 e. The second-order valence-electron chi connectivity index (χ2n) is 4.12. The average Bonchev–Trinajstić information content (AvgIpc) is 2.52. The zero-order chi connectivity index (χ0) is 14.4. The van der Waals surface area contributed by atoms with Crippen molar-refractivity contribution < 1.29 is 14.3 Å². The quantitative estimate of drug-likeness (QED) is 0.904. The SMILES string of the molecule is COc1cccc(C(=O)NCc2ccnc(OC)c2)c1. The van der Waals surface area contributed by atoms with Crippen molar-refractivity contribution in [2.24, 2.45) is 0 Å². The maximum atomic E-state index is 12.0. The molecule has 104 valence electrons. The van der Waals surface area contributed by atoms with Crippen molar-refractivity contribution in [3.8, 4) is 11.6 Å². The molecule has 0 fully saturated rings. The van der Waals surface area contributed by atoms with Crippen LogP contribution in [-0.4, -0.2) is 25.1 Å². The van der Waals surface area contributed by atoms with E-state index in [1.807, 2.05) is 6.07 Å². The fourth-order valence-corrected chi connectivity index (χ4v) is 1.72. The Morgan fingerprint density at radius 2 is 2.05 bits per heavy atom. The highest BCUT2D eigenvalue weighted by Crippen LogP contribution is 2.13. The van der Waals surface area contributed by atoms with Crippen molar-refractivity contribution in [3.63, 3.8) is 0 Å². The summed E-state index contributed by atoms with van der Waals surface area (Å²) in [5.74, 6) is 1.03. The molecule has 1 N–H and O–H groups in total. The summed E-state index contributed by atoms with van der Waals surface area (Å²) in [5, 5.41) is 2.84. The fourth-order valence-electron chi connectivity index (χ4n) is 1.72. The van der Waals surface area contributed by atoms with Crippen LogP contribution in [-0.2, 0) is 6.54 Å². The van der Waals surface area contributed by atoms with Crippen LogP contribution in [0.25, 0.3) is 0 Å². The van der Waals surface area contributed by atoms with Crippen LogP contribution in [0.15, 0.2) is 42.6 Å². The molecule has 0 radical (unpaired) electrons. The van der Waals surface area contributed by atoms with Gasteiger partial charge in [0.05, 0.1) is 14.2 Å². The number of methoxy groups -OCH3 is 2. The van der Waals surface area contributed by atoms with Crippen molar-refractivity contribution in [1.29, 1.82) is 0 Å². The van der Waals surface area contributed by atoms with Gasteiger partial charge >= 0.3 is 0 Å². The molecule has 2 aromatic rings. The van der Waals surface area contributed by atoms with Crippen LogP contribution in [0.5, 0.6) is 11.6 Å². The number of hydrogen-bond acceptors (Lipinski definition) is 4. The Kier molecular flexibility index (Phi) is 4.55. The van der Waals surface area contributed by atoms with Gasteiger partial charge in [-0.1, -0.05) is 6.07 Å². The summed E-state index contributed by atoms with van der Waals surface area (Å²) >= 11 is 0. The first-order valence-electron chi connectivity index (χ1n) is 6.14. The predicted octanol–water partition coefficient (Wildman–Crippen LogP) is 2.03. The normalized spacial score (nSPS) is 9.90. The maximum Gasteiger partial charge on any atom is 0.251 e. The van der Waals surface area contributed by atoms with Gasteiger partial charge in [-0.05, 0) is 29.8 Å². The predicted molar refractivity (Wildman–Crippen MR) is 75.0 cm³/mol. The molecule has 0 aliphatic rings. The lowest BCUT2D eigenvalue weighted by molar-refractivity contribution is 0.0950. The van der Waals surface area contributed by atoms with Crippen LogP contribution in [0.3, 0.4) is 0 Å². The Morgan fingerprint density at radius 3 is 2.80 bits per heavy atom. The lowest BCUT2D eigenvalue weighted by Crippen LogP contribution is -2.22. The van der Waals surface area contributed by atoms with Gasteiger partial charge in [-0.25, -0.2) is 4.98 Å². The molecular weight excluding hydrogens is 256 g/mol. The van der Waals surface area contributed by atoms with Gasteiger partial charge in [-0.3, -0.25) is 4.79 Å². The molecular formula is C15H16N2O3. The molecule has 0 saturated carbocycles. The monoisotopic (exact) mass is 272 g/mol. The van der Waals surface area contributed by atoms with Crippen molar-refractivity contribution in [3.05, 3.63) is 53.7 Å². The Morgan fingerprint density at radius 1 is 1.20 bits per heavy atom. The van der Waals surface area contributed by atoms with Gasteiger partial charge in [0.15, 0.2) is 0 Å². The first-order valence-corrected chi connectivity index (χ1v) is 6.14. The molecule has 1 heterocycles. The molecule has 5 heteroatoms. The van der Waals surface area contributed by atoms with Crippen LogP contribution in [0, 0.1) is 0 Å². The molecule has 0 spiro atoms. The third-order valence-corrected chi connectivity index (χ3v) is 2.79. The molecule has 0 bridgehead atoms. The summed E-state index contributed by atoms with van der Waals surface area (Å²) in [4.78, 5) is 16.0. The minimum Gasteiger partial charge on any atom is -0.497 e. The number of carbonyl (C=O) groups is 1. The first-order chi connectivity index (χ1) is 9.72. The Bertz CT molecular complexity index is 599. The van der Waals surface area contributed by atoms with E-state index in [-0.39, 0.29) is 5.91 Å². The summed E-state index contributed by atoms with van der Waals surface area (Å²) < 4.78 is 10.1. The van der Waals surface area contributed by atoms with Crippen LogP contribution >= 0.6 is 0 Å². The molecule has 0 saturated heterocycles. The van der Waals surface area contributed by atoms with Gasteiger partial charge in [0.1, 0.15) is 5.75 Å². The number of benzene rings is 1. The molecule has 5 nitrogen and oxygen atoms in total. The number of aromatic nitrogens is 1. The minimum atomic E-state index is -0.153. The van der Waals surface area contributed by atoms with E-state index in [0.717, 1.165) is 5.56 Å². The number of pyridine rings is 1. The number of rotatable bonds is 5. The number of carbonyl (C=O) groups excluding carboxylic acids is 1. The number of nitrogens with one attached hydrogen (secondary N) is 1. The van der Waals surface area contributed by atoms with Crippen molar-refractivity contribution in [2.45, 2.75) is 6.54 Å². The minimum absolute atomic E-state index is 0.153. The van der Waals surface area contributed by atoms with Gasteiger partial charge in [0, 0.05) is 24.4 Å². The third-order valence-electron chi connectivity index (χ3n) is 2.79. The van der Waals surface area contributed by atoms with Crippen molar-refractivity contribution in [1.82, 2.24) is 10.3 Å². The van der Waals surface area contributed by atoms with E-state index in [0.29, 0.717) is 23.7 Å². The van der Waals surface area contributed by atoms with E-state index in [1.165, 1.54) is 0 Å². The van der Waals surface area contributed by atoms with Gasteiger partial charge < -0.3 is 14.8 Å². The fraction of sp³-hybridized carbons (Fsp3) is 0.200. The highest BCUT2D eigenvalue weighted by atomic mass is 16.5. The van der Waals surface area contributed by atoms with Gasteiger partial charge in [-0.15, -0.1) is 0 Å². The zero-order valence-corrected chi connectivity index (χ0v) is 11.4. The van der Waals surface area contributed by atoms with Gasteiger partial charge in [-0.2, -0.15) is 0 Å². The molecule has 1 aromatic heterocycles. The van der Waals surface area contributed by atoms with Crippen LogP contribution in [0.1, 0.15) is 15.9 Å². The molecule has 2 rings (SSSR count). The summed E-state index contributed by atoms with van der Waals surface area (Å²) in [6.07, 6.45) is 1.64. The molecule has 1 amide bonds. The number of amides is 1. The van der Waals surface area contributed by atoms with E-state index in [4.69, 9.17) is 9.47 Å². The first kappa shape index (κ1) is 13.9. The molecule has 0 atom stereocenters. The smallest absolute Gasteiger partial charge is 0.251 e. The molecule has 20 heavy (non-hydrogen) atoms. The Labute approximate surface area is 117 Å². The van der Waals surface area contributed by atoms with Crippen LogP contribution < -0.4 is 14.8 Å². The van der Waals surface area contributed by atoms with E-state index in [1.54, 1.807) is 50.7 Å². The number of hydrogen-bond donors (Lipinski definition) is 1. The van der Waals surface area contributed by atoms with Crippen LogP contribution in [0.2, 0.25) is 0 Å². The Balaban J connectivity index is 2.00. The standard InChI is InChI=1S/C15H16N2O3/c1-19-13-5-3-4-12(9-13)15(18)17-10-11-6-7-16-14(8-11)20-2/h3-9H,10H2,1-2H3,(H,17,18). The van der Waals surface area contributed by atoms with E-state index < -0.39 is 0 Å². The molecule has 0 aliphatic carbocycles. The lowest BCUT2D eigenvalue weighted by atomic mass is 10.2. The second kappa shape index (κ2) is 6.56. The summed E-state index contributed by atoms with van der Waals surface area (Å²) in [7, 11) is 3.13. The van der Waals surface area contributed by atoms with Crippen molar-refractivity contribution >= 4 is 5.91 Å². The Hall–Kier alpha value is -2.56. The summed E-state index contributed by atoms with van der Waals surface area (Å²) in [5.41, 5.74) is 1.48. The average molecular weight is 272 g/mol. The summed E-state index contributed by atoms with van der Waals surface area (Å²) in [6, 6.07) is 10.6. The van der Waals surface area contributed by atoms with Gasteiger partial charge in [0.2, 0.25) is 5.88 Å². The summed E-state index contributed by atoms with van der Waals surface area (Å²) in [6.45, 7) is 0.412. The lowest BCUT2D eigenvalue weighted by Gasteiger charge is -2.07. The highest BCUT2D eigenvalue weighted by Gasteiger charge is 2.06.